The average Bonchev–Trinajstić information content (AvgIpc) is 3.39. The number of carbonyl (C=O) groups excluding carboxylic acids is 1. The van der Waals surface area contributed by atoms with E-state index in [1.54, 1.807) is 43.3 Å². The molecule has 0 aliphatic heterocycles. The maximum Gasteiger partial charge on any atom is 0.416 e. The molecular formula is C34H32F5N5O4. The lowest BCUT2D eigenvalue weighted by Gasteiger charge is -2.17. The van der Waals surface area contributed by atoms with Crippen molar-refractivity contribution in [3.8, 4) is 17.1 Å². The summed E-state index contributed by atoms with van der Waals surface area (Å²) < 4.78 is 80.6. The molecule has 0 unspecified atom stereocenters. The summed E-state index contributed by atoms with van der Waals surface area (Å²) in [7, 11) is 4.60. The van der Waals surface area contributed by atoms with Crippen molar-refractivity contribution in [1.82, 2.24) is 23.8 Å². The number of ketones is 1. The molecule has 0 aliphatic rings. The Labute approximate surface area is 271 Å². The summed E-state index contributed by atoms with van der Waals surface area (Å²) in [5.41, 5.74) is -3.91. The molecule has 0 N–H and O–H groups in total. The van der Waals surface area contributed by atoms with Crippen molar-refractivity contribution < 1.29 is 31.5 Å². The molecule has 0 saturated heterocycles. The molecule has 5 rings (SSSR count). The molecule has 0 atom stereocenters. The van der Waals surface area contributed by atoms with Gasteiger partial charge in [0.15, 0.2) is 17.2 Å². The van der Waals surface area contributed by atoms with E-state index in [-0.39, 0.29) is 41.2 Å². The largest absolute Gasteiger partial charge is 0.494 e. The Bertz CT molecular complexity index is 2110. The number of nitrogens with zero attached hydrogens (tertiary/aromatic N) is 5. The topological polar surface area (TPSA) is 91.4 Å². The maximum atomic E-state index is 15.6. The zero-order valence-corrected chi connectivity index (χ0v) is 26.6. The van der Waals surface area contributed by atoms with Crippen molar-refractivity contribution in [3.05, 3.63) is 116 Å². The predicted octanol–water partition coefficient (Wildman–Crippen LogP) is 5.67. The van der Waals surface area contributed by atoms with Gasteiger partial charge in [0.05, 0.1) is 36.3 Å². The summed E-state index contributed by atoms with van der Waals surface area (Å²) in [6.45, 7) is 0.969. The minimum atomic E-state index is -4.98. The monoisotopic (exact) mass is 669 g/mol. The lowest BCUT2D eigenvalue weighted by atomic mass is 10.1. The molecule has 0 spiro atoms. The number of fused-ring (bicyclic) bond motifs is 1. The smallest absolute Gasteiger partial charge is 0.416 e. The molecule has 0 saturated carbocycles. The number of rotatable bonds is 11. The number of benzene rings is 3. The SMILES string of the molecule is CCCC(=O)Cc1ccc(-n2nc3c(c2CN(C)C)c(=O)n(-c2cccc(OC)c2F)c(=O)n3Cc2c(F)cccc2C(F)(F)F)cc1. The van der Waals surface area contributed by atoms with E-state index in [0.29, 0.717) is 29.2 Å². The Morgan fingerprint density at radius 1 is 0.979 bits per heavy atom. The van der Waals surface area contributed by atoms with E-state index in [2.05, 4.69) is 5.10 Å². The van der Waals surface area contributed by atoms with Gasteiger partial charge in [0.2, 0.25) is 0 Å². The number of alkyl halides is 3. The van der Waals surface area contributed by atoms with Crippen LogP contribution >= 0.6 is 0 Å². The molecular weight excluding hydrogens is 637 g/mol. The second kappa shape index (κ2) is 13.6. The zero-order valence-electron chi connectivity index (χ0n) is 26.6. The van der Waals surface area contributed by atoms with Crippen LogP contribution in [-0.4, -0.2) is 50.8 Å². The van der Waals surface area contributed by atoms with Crippen LogP contribution in [0.1, 0.15) is 42.1 Å². The van der Waals surface area contributed by atoms with E-state index in [9.17, 15) is 27.6 Å². The standard InChI is InChI=1S/C34H32F5N5O4/c1-5-8-22(45)17-20-13-15-21(16-14-20)44-27(19-41(2)3)29-31(40-44)42(18-23-24(34(37,38)39)9-6-10-25(23)35)33(47)43(32(29)46)26-11-7-12-28(48-4)30(26)36/h6-7,9-16H,5,8,17-19H2,1-4H3. The molecule has 0 aliphatic carbocycles. The third-order valence-electron chi connectivity index (χ3n) is 7.78. The first-order chi connectivity index (χ1) is 22.8. The molecule has 2 heterocycles. The molecule has 3 aromatic carbocycles. The highest BCUT2D eigenvalue weighted by Gasteiger charge is 2.35. The van der Waals surface area contributed by atoms with Gasteiger partial charge in [-0.05, 0) is 62.5 Å². The Morgan fingerprint density at radius 2 is 1.67 bits per heavy atom. The van der Waals surface area contributed by atoms with Crippen LogP contribution in [0.5, 0.6) is 5.75 Å². The first-order valence-electron chi connectivity index (χ1n) is 15.0. The van der Waals surface area contributed by atoms with Gasteiger partial charge in [0.1, 0.15) is 17.0 Å². The molecule has 252 valence electrons. The molecule has 0 radical (unpaired) electrons. The highest BCUT2D eigenvalue weighted by atomic mass is 19.4. The Morgan fingerprint density at radius 3 is 2.29 bits per heavy atom. The number of hydrogen-bond acceptors (Lipinski definition) is 6. The van der Waals surface area contributed by atoms with Crippen molar-refractivity contribution in [1.29, 1.82) is 0 Å². The Hall–Kier alpha value is -5.11. The van der Waals surface area contributed by atoms with E-state index >= 15 is 8.78 Å². The van der Waals surface area contributed by atoms with Crippen LogP contribution < -0.4 is 16.0 Å². The van der Waals surface area contributed by atoms with Crippen LogP contribution in [0.4, 0.5) is 22.0 Å². The summed E-state index contributed by atoms with van der Waals surface area (Å²) in [6, 6.07) is 12.9. The summed E-state index contributed by atoms with van der Waals surface area (Å²) in [6.07, 6.45) is -3.64. The third kappa shape index (κ3) is 6.52. The number of methoxy groups -OCH3 is 1. The normalized spacial score (nSPS) is 11.9. The van der Waals surface area contributed by atoms with Gasteiger partial charge in [-0.15, -0.1) is 5.10 Å². The number of Topliss-reactive ketones (excluding diaryl/α,β-unsaturated/α-hetero) is 1. The average molecular weight is 670 g/mol. The van der Waals surface area contributed by atoms with Crippen molar-refractivity contribution in [2.24, 2.45) is 0 Å². The maximum absolute atomic E-state index is 15.6. The fourth-order valence-electron chi connectivity index (χ4n) is 5.59. The quantitative estimate of drug-likeness (QED) is 0.169. The molecule has 0 bridgehead atoms. The van der Waals surface area contributed by atoms with Crippen LogP contribution in [0.25, 0.3) is 22.4 Å². The van der Waals surface area contributed by atoms with Crippen molar-refractivity contribution in [2.45, 2.75) is 45.5 Å². The third-order valence-corrected chi connectivity index (χ3v) is 7.78. The van der Waals surface area contributed by atoms with Gasteiger partial charge in [0, 0.05) is 24.9 Å². The summed E-state index contributed by atoms with van der Waals surface area (Å²) in [5, 5.41) is 4.34. The first-order valence-corrected chi connectivity index (χ1v) is 15.0. The van der Waals surface area contributed by atoms with Gasteiger partial charge in [-0.1, -0.05) is 31.2 Å². The Kier molecular flexibility index (Phi) is 9.66. The van der Waals surface area contributed by atoms with Crippen molar-refractivity contribution in [3.63, 3.8) is 0 Å². The number of ether oxygens (including phenoxy) is 1. The van der Waals surface area contributed by atoms with Gasteiger partial charge < -0.3 is 9.64 Å². The van der Waals surface area contributed by atoms with E-state index in [1.165, 1.54) is 23.9 Å². The van der Waals surface area contributed by atoms with Crippen LogP contribution in [0.3, 0.4) is 0 Å². The number of carbonyl (C=O) groups is 1. The van der Waals surface area contributed by atoms with Crippen molar-refractivity contribution >= 4 is 16.8 Å². The number of aromatic nitrogens is 4. The molecule has 5 aromatic rings. The number of hydrogen-bond donors (Lipinski definition) is 0. The van der Waals surface area contributed by atoms with E-state index in [1.807, 2.05) is 6.92 Å². The first kappa shape index (κ1) is 34.2. The summed E-state index contributed by atoms with van der Waals surface area (Å²) in [4.78, 5) is 42.3. The lowest BCUT2D eigenvalue weighted by molar-refractivity contribution is -0.138. The van der Waals surface area contributed by atoms with Crippen LogP contribution in [0.15, 0.2) is 70.3 Å². The fourth-order valence-corrected chi connectivity index (χ4v) is 5.59. The molecule has 14 heteroatoms. The van der Waals surface area contributed by atoms with E-state index in [4.69, 9.17) is 4.74 Å². The predicted molar refractivity (Wildman–Crippen MR) is 169 cm³/mol. The molecule has 2 aromatic heterocycles. The van der Waals surface area contributed by atoms with Crippen LogP contribution in [0.2, 0.25) is 0 Å². The Balaban J connectivity index is 1.85. The van der Waals surface area contributed by atoms with Gasteiger partial charge in [-0.25, -0.2) is 22.8 Å². The van der Waals surface area contributed by atoms with Gasteiger partial charge in [-0.3, -0.25) is 14.2 Å². The fraction of sp³-hybridized carbons (Fsp3) is 0.294. The molecule has 9 nitrogen and oxygen atoms in total. The molecule has 0 fully saturated rings. The highest BCUT2D eigenvalue weighted by molar-refractivity contribution is 5.81. The van der Waals surface area contributed by atoms with Crippen LogP contribution in [0, 0.1) is 11.6 Å². The van der Waals surface area contributed by atoms with Gasteiger partial charge >= 0.3 is 11.9 Å². The second-order valence-corrected chi connectivity index (χ2v) is 11.5. The second-order valence-electron chi connectivity index (χ2n) is 11.5. The minimum Gasteiger partial charge on any atom is -0.494 e. The number of halogens is 5. The van der Waals surface area contributed by atoms with Crippen molar-refractivity contribution in [2.75, 3.05) is 21.2 Å². The summed E-state index contributed by atoms with van der Waals surface area (Å²) >= 11 is 0. The van der Waals surface area contributed by atoms with Gasteiger partial charge in [0.25, 0.3) is 5.56 Å². The van der Waals surface area contributed by atoms with E-state index in [0.717, 1.165) is 28.3 Å². The van der Waals surface area contributed by atoms with Crippen LogP contribution in [-0.2, 0) is 30.5 Å². The zero-order chi connectivity index (χ0) is 34.9. The molecule has 0 amide bonds. The summed E-state index contributed by atoms with van der Waals surface area (Å²) in [5.74, 6) is -2.54. The highest BCUT2D eigenvalue weighted by Crippen LogP contribution is 2.34. The molecule has 48 heavy (non-hydrogen) atoms. The lowest BCUT2D eigenvalue weighted by Crippen LogP contribution is -2.40. The minimum absolute atomic E-state index is 0.0504. The van der Waals surface area contributed by atoms with E-state index < -0.39 is 52.4 Å². The van der Waals surface area contributed by atoms with Gasteiger partial charge in [-0.2, -0.15) is 13.2 Å².